The van der Waals surface area contributed by atoms with Crippen molar-refractivity contribution in [1.82, 2.24) is 0 Å². The number of ketones is 2. The molecule has 0 spiro atoms. The SMILES string of the molecule is O=C(O)C=CC(=O)O[CH]C(C(=O)C=CC(=O)O)C([CH]OC(=O)C=CC(=O)O)C(=O)C=CC(=O)O. The number of carbonyl (C=O) groups is 8. The van der Waals surface area contributed by atoms with Crippen LogP contribution >= 0.6 is 0 Å². The summed E-state index contributed by atoms with van der Waals surface area (Å²) in [6, 6.07) is 0. The molecule has 180 valence electrons. The van der Waals surface area contributed by atoms with Crippen molar-refractivity contribution in [1.29, 1.82) is 0 Å². The summed E-state index contributed by atoms with van der Waals surface area (Å²) in [4.78, 5) is 90.4. The maximum absolute atomic E-state index is 12.4. The number of aliphatic carboxylic acids is 4. The van der Waals surface area contributed by atoms with Crippen LogP contribution in [0, 0.1) is 25.0 Å². The summed E-state index contributed by atoms with van der Waals surface area (Å²) in [7, 11) is 0. The molecule has 2 atom stereocenters. The van der Waals surface area contributed by atoms with Crippen LogP contribution < -0.4 is 0 Å². The molecule has 0 fully saturated rings. The number of hydrogen-bond donors (Lipinski definition) is 4. The summed E-state index contributed by atoms with van der Waals surface area (Å²) in [6.45, 7) is 0.829. The Morgan fingerprint density at radius 1 is 0.441 bits per heavy atom. The van der Waals surface area contributed by atoms with Gasteiger partial charge in [0, 0.05) is 36.5 Å². The Morgan fingerprint density at radius 2 is 0.706 bits per heavy atom. The normalized spacial score (nSPS) is 13.1. The van der Waals surface area contributed by atoms with Crippen molar-refractivity contribution in [3.63, 3.8) is 0 Å². The van der Waals surface area contributed by atoms with E-state index in [0.717, 1.165) is 0 Å². The van der Waals surface area contributed by atoms with Crippen molar-refractivity contribution < 1.29 is 68.3 Å². The van der Waals surface area contributed by atoms with Gasteiger partial charge < -0.3 is 29.9 Å². The Morgan fingerprint density at radius 3 is 0.971 bits per heavy atom. The Kier molecular flexibility index (Phi) is 12.9. The second-order valence-corrected chi connectivity index (χ2v) is 5.69. The van der Waals surface area contributed by atoms with E-state index in [4.69, 9.17) is 20.4 Å². The van der Waals surface area contributed by atoms with E-state index < -0.39 is 59.2 Å². The van der Waals surface area contributed by atoms with Crippen molar-refractivity contribution in [3.8, 4) is 0 Å². The average Bonchev–Trinajstić information content (AvgIpc) is 2.74. The topological polar surface area (TPSA) is 236 Å². The van der Waals surface area contributed by atoms with E-state index in [9.17, 15) is 38.4 Å². The third-order valence-electron chi connectivity index (χ3n) is 3.21. The number of hydrogen-bond acceptors (Lipinski definition) is 10. The van der Waals surface area contributed by atoms with Gasteiger partial charge in [-0.2, -0.15) is 0 Å². The molecule has 2 unspecified atom stereocenters. The minimum Gasteiger partial charge on any atom is -0.478 e. The second-order valence-electron chi connectivity index (χ2n) is 5.69. The van der Waals surface area contributed by atoms with Crippen molar-refractivity contribution in [3.05, 3.63) is 61.8 Å². The molecule has 0 bridgehead atoms. The minimum absolute atomic E-state index is 0.367. The first-order chi connectivity index (χ1) is 15.8. The molecule has 14 nitrogen and oxygen atoms in total. The predicted molar refractivity (Wildman–Crippen MR) is 105 cm³/mol. The largest absolute Gasteiger partial charge is 0.478 e. The highest BCUT2D eigenvalue weighted by Crippen LogP contribution is 2.24. The van der Waals surface area contributed by atoms with E-state index in [1.807, 2.05) is 0 Å². The van der Waals surface area contributed by atoms with E-state index in [0.29, 0.717) is 61.8 Å². The highest BCUT2D eigenvalue weighted by atomic mass is 16.5. The number of allylic oxidation sites excluding steroid dienone is 2. The number of carboxylic acid groups (broad SMARTS) is 4. The molecule has 0 saturated carbocycles. The summed E-state index contributed by atoms with van der Waals surface area (Å²) >= 11 is 0. The summed E-state index contributed by atoms with van der Waals surface area (Å²) in [5.41, 5.74) is 0. The molecular weight excluding hydrogens is 464 g/mol. The molecule has 0 aliphatic heterocycles. The van der Waals surface area contributed by atoms with Gasteiger partial charge in [-0.1, -0.05) is 0 Å². The predicted octanol–water partition coefficient (Wildman–Crippen LogP) is -0.670. The van der Waals surface area contributed by atoms with Crippen LogP contribution in [0.25, 0.3) is 0 Å². The van der Waals surface area contributed by atoms with Gasteiger partial charge in [0.1, 0.15) is 0 Å². The zero-order valence-electron chi connectivity index (χ0n) is 16.8. The second kappa shape index (κ2) is 15.0. The Bertz CT molecular complexity index is 888. The zero-order chi connectivity index (χ0) is 26.3. The molecule has 0 aromatic carbocycles. The Balaban J connectivity index is 6.00. The lowest BCUT2D eigenvalue weighted by molar-refractivity contribution is -0.142. The average molecular weight is 480 g/mol. The van der Waals surface area contributed by atoms with Crippen molar-refractivity contribution in [2.45, 2.75) is 0 Å². The maximum Gasteiger partial charge on any atom is 0.331 e. The van der Waals surface area contributed by atoms with Crippen LogP contribution in [0.2, 0.25) is 0 Å². The lowest BCUT2D eigenvalue weighted by Crippen LogP contribution is -2.32. The Labute approximate surface area is 190 Å². The molecule has 0 amide bonds. The summed E-state index contributed by atoms with van der Waals surface area (Å²) < 4.78 is 9.13. The molecule has 0 heterocycles. The fourth-order valence-corrected chi connectivity index (χ4v) is 1.82. The first kappa shape index (κ1) is 29.1. The molecule has 4 N–H and O–H groups in total. The molecular formula is C20H16O14. The van der Waals surface area contributed by atoms with E-state index >= 15 is 0 Å². The molecule has 34 heavy (non-hydrogen) atoms. The number of ether oxygens (including phenoxy) is 2. The molecule has 0 aromatic rings. The molecule has 0 aromatic heterocycles. The van der Waals surface area contributed by atoms with Crippen molar-refractivity contribution in [2.24, 2.45) is 11.8 Å². The fourth-order valence-electron chi connectivity index (χ4n) is 1.82. The number of rotatable bonds is 15. The Hall–Kier alpha value is -4.88. The summed E-state index contributed by atoms with van der Waals surface area (Å²) in [5.74, 6) is -15.0. The third-order valence-corrected chi connectivity index (χ3v) is 3.21. The van der Waals surface area contributed by atoms with Crippen LogP contribution in [0.1, 0.15) is 0 Å². The molecule has 14 heteroatoms. The van der Waals surface area contributed by atoms with Crippen LogP contribution in [0.5, 0.6) is 0 Å². The lowest BCUT2D eigenvalue weighted by Gasteiger charge is -2.21. The van der Waals surface area contributed by atoms with Crippen LogP contribution in [0.15, 0.2) is 48.6 Å². The molecule has 0 aliphatic rings. The number of esters is 2. The van der Waals surface area contributed by atoms with Gasteiger partial charge in [0.15, 0.2) is 24.8 Å². The smallest absolute Gasteiger partial charge is 0.331 e. The van der Waals surface area contributed by atoms with Gasteiger partial charge in [-0.25, -0.2) is 28.8 Å². The highest BCUT2D eigenvalue weighted by molar-refractivity contribution is 6.04. The van der Waals surface area contributed by atoms with Gasteiger partial charge in [-0.3, -0.25) is 9.59 Å². The van der Waals surface area contributed by atoms with Gasteiger partial charge in [-0.15, -0.1) is 0 Å². The van der Waals surface area contributed by atoms with E-state index in [1.165, 1.54) is 0 Å². The summed E-state index contributed by atoms with van der Waals surface area (Å²) in [6.07, 6.45) is 3.31. The monoisotopic (exact) mass is 480 g/mol. The lowest BCUT2D eigenvalue weighted by atomic mass is 9.85. The van der Waals surface area contributed by atoms with E-state index in [1.54, 1.807) is 0 Å². The first-order valence-electron chi connectivity index (χ1n) is 8.63. The zero-order valence-corrected chi connectivity index (χ0v) is 16.8. The third kappa shape index (κ3) is 13.4. The van der Waals surface area contributed by atoms with Crippen LogP contribution in [0.3, 0.4) is 0 Å². The van der Waals surface area contributed by atoms with Gasteiger partial charge in [0.2, 0.25) is 0 Å². The van der Waals surface area contributed by atoms with Crippen LogP contribution in [-0.4, -0.2) is 67.8 Å². The first-order valence-corrected chi connectivity index (χ1v) is 8.63. The van der Waals surface area contributed by atoms with Gasteiger partial charge in [0.25, 0.3) is 0 Å². The molecule has 0 saturated heterocycles. The van der Waals surface area contributed by atoms with Gasteiger partial charge in [0.05, 0.1) is 11.8 Å². The number of carbonyl (C=O) groups excluding carboxylic acids is 4. The molecule has 0 rings (SSSR count). The van der Waals surface area contributed by atoms with Crippen molar-refractivity contribution >= 4 is 47.4 Å². The van der Waals surface area contributed by atoms with E-state index in [2.05, 4.69) is 9.47 Å². The van der Waals surface area contributed by atoms with Crippen molar-refractivity contribution in [2.75, 3.05) is 0 Å². The van der Waals surface area contributed by atoms with E-state index in [-0.39, 0.29) is 0 Å². The quantitative estimate of drug-likeness (QED) is 0.168. The van der Waals surface area contributed by atoms with Gasteiger partial charge >= 0.3 is 35.8 Å². The molecule has 2 radical (unpaired) electrons. The molecule has 0 aliphatic carbocycles. The minimum atomic E-state index is -1.89. The fraction of sp³-hybridized carbons (Fsp3) is 0.100. The highest BCUT2D eigenvalue weighted by Gasteiger charge is 2.35. The van der Waals surface area contributed by atoms with Crippen LogP contribution in [0.4, 0.5) is 0 Å². The maximum atomic E-state index is 12.4. The summed E-state index contributed by atoms with van der Waals surface area (Å²) in [5, 5.41) is 34.4. The van der Waals surface area contributed by atoms with Crippen LogP contribution in [-0.2, 0) is 47.8 Å². The number of carboxylic acids is 4. The standard InChI is InChI=1S/C20H16O14/c21-13(1-3-15(23)24)11(9-33-19(31)7-5-17(27)28)12(14(22)2-4-16(25)26)10-34-20(32)8-6-18(29)30/h1-12H,(H,23,24)(H,25,26)(H,27,28)(H,29,30). The van der Waals surface area contributed by atoms with Gasteiger partial charge in [-0.05, 0) is 12.2 Å².